The summed E-state index contributed by atoms with van der Waals surface area (Å²) in [6.07, 6.45) is 5.89. The Kier molecular flexibility index (Phi) is 4.21. The summed E-state index contributed by atoms with van der Waals surface area (Å²) in [6.45, 7) is 4.32. The van der Waals surface area contributed by atoms with Crippen molar-refractivity contribution in [2.24, 2.45) is 11.8 Å². The number of nitrogen functional groups attached to an aromatic ring is 1. The molecule has 0 atom stereocenters. The van der Waals surface area contributed by atoms with E-state index < -0.39 is 0 Å². The molecule has 6 nitrogen and oxygen atoms in total. The number of hydrogen-bond donors (Lipinski definition) is 4. The van der Waals surface area contributed by atoms with Crippen molar-refractivity contribution >= 4 is 11.8 Å². The normalized spacial score (nSPS) is 27.1. The molecule has 0 saturated heterocycles. The summed E-state index contributed by atoms with van der Waals surface area (Å²) in [4.78, 5) is 8.39. The third-order valence-corrected chi connectivity index (χ3v) is 4.02. The smallest absolute Gasteiger partial charge is 0.239 e. The molecule has 0 radical (unpaired) electrons. The molecule has 1 aliphatic rings. The Labute approximate surface area is 113 Å². The van der Waals surface area contributed by atoms with E-state index in [0.717, 1.165) is 43.0 Å². The van der Waals surface area contributed by atoms with Crippen molar-refractivity contribution in [2.75, 3.05) is 17.3 Å². The fourth-order valence-corrected chi connectivity index (χ4v) is 2.53. The van der Waals surface area contributed by atoms with Crippen molar-refractivity contribution < 1.29 is 5.11 Å². The standard InChI is InChI=1S/C13H23N5O/c1-9-3-5-13(8-19,6-4-9)17-11-10(2)7-15-12(16-11)18-14/h7,9,19H,3-6,8,14H2,1-2H3,(H2,15,16,17,18). The van der Waals surface area contributed by atoms with E-state index >= 15 is 0 Å². The SMILES string of the molecule is Cc1cnc(NN)nc1NC1(CO)CCC(C)CC1. The number of nitrogens with zero attached hydrogens (tertiary/aromatic N) is 2. The van der Waals surface area contributed by atoms with Crippen LogP contribution < -0.4 is 16.6 Å². The first-order valence-electron chi connectivity index (χ1n) is 6.78. The Morgan fingerprint density at radius 3 is 2.74 bits per heavy atom. The quantitative estimate of drug-likeness (QED) is 0.486. The van der Waals surface area contributed by atoms with Crippen LogP contribution in [0.1, 0.15) is 38.2 Å². The van der Waals surface area contributed by atoms with E-state index in [1.54, 1.807) is 6.20 Å². The number of aliphatic hydroxyl groups is 1. The molecule has 1 aromatic heterocycles. The number of rotatable bonds is 4. The van der Waals surface area contributed by atoms with Crippen LogP contribution in [0.3, 0.4) is 0 Å². The van der Waals surface area contributed by atoms with E-state index in [0.29, 0.717) is 5.95 Å². The largest absolute Gasteiger partial charge is 0.394 e. The van der Waals surface area contributed by atoms with Gasteiger partial charge in [-0.05, 0) is 38.5 Å². The average Bonchev–Trinajstić information content (AvgIpc) is 2.44. The lowest BCUT2D eigenvalue weighted by atomic mass is 9.77. The first-order valence-corrected chi connectivity index (χ1v) is 6.78. The summed E-state index contributed by atoms with van der Waals surface area (Å²) in [7, 11) is 0. The molecule has 6 heteroatoms. The topological polar surface area (TPSA) is 96.1 Å². The lowest BCUT2D eigenvalue weighted by molar-refractivity contribution is 0.155. The van der Waals surface area contributed by atoms with Crippen LogP contribution in [0, 0.1) is 12.8 Å². The van der Waals surface area contributed by atoms with Crippen LogP contribution in [0.15, 0.2) is 6.20 Å². The Morgan fingerprint density at radius 1 is 1.47 bits per heavy atom. The van der Waals surface area contributed by atoms with Gasteiger partial charge in [-0.3, -0.25) is 5.43 Å². The van der Waals surface area contributed by atoms with Crippen LogP contribution in [0.5, 0.6) is 0 Å². The van der Waals surface area contributed by atoms with Crippen molar-refractivity contribution in [1.82, 2.24) is 9.97 Å². The Morgan fingerprint density at radius 2 is 2.16 bits per heavy atom. The maximum atomic E-state index is 9.76. The highest BCUT2D eigenvalue weighted by Gasteiger charge is 2.34. The summed E-state index contributed by atoms with van der Waals surface area (Å²) < 4.78 is 0. The molecule has 2 rings (SSSR count). The summed E-state index contributed by atoms with van der Waals surface area (Å²) in [5.41, 5.74) is 3.13. The second-order valence-corrected chi connectivity index (χ2v) is 5.62. The zero-order valence-corrected chi connectivity index (χ0v) is 11.6. The minimum atomic E-state index is -0.266. The minimum Gasteiger partial charge on any atom is -0.394 e. The molecule has 0 spiro atoms. The number of nitrogens with two attached hydrogens (primary N) is 1. The van der Waals surface area contributed by atoms with E-state index in [2.05, 4.69) is 27.6 Å². The fourth-order valence-electron chi connectivity index (χ4n) is 2.53. The zero-order chi connectivity index (χ0) is 13.9. The highest BCUT2D eigenvalue weighted by atomic mass is 16.3. The van der Waals surface area contributed by atoms with Gasteiger partial charge in [-0.2, -0.15) is 4.98 Å². The lowest BCUT2D eigenvalue weighted by Gasteiger charge is -2.39. The molecular weight excluding hydrogens is 242 g/mol. The van der Waals surface area contributed by atoms with Crippen LogP contribution >= 0.6 is 0 Å². The first-order chi connectivity index (χ1) is 9.08. The number of nitrogens with one attached hydrogen (secondary N) is 2. The molecule has 19 heavy (non-hydrogen) atoms. The predicted molar refractivity (Wildman–Crippen MR) is 75.7 cm³/mol. The number of hydrogen-bond acceptors (Lipinski definition) is 6. The van der Waals surface area contributed by atoms with Crippen LogP contribution in [-0.4, -0.2) is 27.2 Å². The van der Waals surface area contributed by atoms with Gasteiger partial charge in [-0.25, -0.2) is 10.8 Å². The van der Waals surface area contributed by atoms with Gasteiger partial charge >= 0.3 is 0 Å². The molecule has 1 saturated carbocycles. The minimum absolute atomic E-state index is 0.120. The molecule has 1 aliphatic carbocycles. The molecule has 1 fully saturated rings. The van der Waals surface area contributed by atoms with Gasteiger partial charge in [0.2, 0.25) is 5.95 Å². The van der Waals surface area contributed by atoms with Gasteiger partial charge in [0.1, 0.15) is 5.82 Å². The van der Waals surface area contributed by atoms with Gasteiger partial charge in [-0.15, -0.1) is 0 Å². The molecule has 0 bridgehead atoms. The van der Waals surface area contributed by atoms with Gasteiger partial charge in [0, 0.05) is 11.8 Å². The highest BCUT2D eigenvalue weighted by Crippen LogP contribution is 2.34. The number of aliphatic hydroxyl groups excluding tert-OH is 1. The first kappa shape index (κ1) is 14.0. The molecular formula is C13H23N5O. The second kappa shape index (κ2) is 5.71. The van der Waals surface area contributed by atoms with Gasteiger partial charge in [0.05, 0.1) is 12.1 Å². The van der Waals surface area contributed by atoms with Gasteiger partial charge in [0.15, 0.2) is 0 Å². The number of hydrazine groups is 1. The second-order valence-electron chi connectivity index (χ2n) is 5.62. The lowest BCUT2D eigenvalue weighted by Crippen LogP contribution is -2.45. The zero-order valence-electron chi connectivity index (χ0n) is 11.6. The van der Waals surface area contributed by atoms with Crippen molar-refractivity contribution in [2.45, 2.75) is 45.1 Å². The van der Waals surface area contributed by atoms with Gasteiger partial charge in [0.25, 0.3) is 0 Å². The predicted octanol–water partition coefficient (Wildman–Crippen LogP) is 1.42. The number of anilines is 2. The molecule has 106 valence electrons. The number of aromatic nitrogens is 2. The van der Waals surface area contributed by atoms with Gasteiger partial charge < -0.3 is 10.4 Å². The molecule has 1 heterocycles. The van der Waals surface area contributed by atoms with E-state index in [1.807, 2.05) is 6.92 Å². The Balaban J connectivity index is 2.18. The van der Waals surface area contributed by atoms with Crippen molar-refractivity contribution in [3.8, 4) is 0 Å². The van der Waals surface area contributed by atoms with Crippen LogP contribution in [-0.2, 0) is 0 Å². The highest BCUT2D eigenvalue weighted by molar-refractivity contribution is 5.48. The summed E-state index contributed by atoms with van der Waals surface area (Å²) in [6, 6.07) is 0. The van der Waals surface area contributed by atoms with E-state index in [1.165, 1.54) is 0 Å². The molecule has 0 aromatic carbocycles. The monoisotopic (exact) mass is 265 g/mol. The summed E-state index contributed by atoms with van der Waals surface area (Å²) in [5.74, 6) is 7.19. The van der Waals surface area contributed by atoms with Crippen LogP contribution in [0.25, 0.3) is 0 Å². The molecule has 0 amide bonds. The molecule has 5 N–H and O–H groups in total. The van der Waals surface area contributed by atoms with E-state index in [-0.39, 0.29) is 12.1 Å². The molecule has 1 aromatic rings. The average molecular weight is 265 g/mol. The van der Waals surface area contributed by atoms with E-state index in [9.17, 15) is 5.11 Å². The third-order valence-electron chi connectivity index (χ3n) is 4.02. The van der Waals surface area contributed by atoms with Crippen LogP contribution in [0.4, 0.5) is 11.8 Å². The summed E-state index contributed by atoms with van der Waals surface area (Å²) >= 11 is 0. The van der Waals surface area contributed by atoms with Gasteiger partial charge in [-0.1, -0.05) is 6.92 Å². The van der Waals surface area contributed by atoms with E-state index in [4.69, 9.17) is 5.84 Å². The number of aryl methyl sites for hydroxylation is 1. The van der Waals surface area contributed by atoms with Crippen molar-refractivity contribution in [1.29, 1.82) is 0 Å². The van der Waals surface area contributed by atoms with Crippen molar-refractivity contribution in [3.05, 3.63) is 11.8 Å². The molecule has 0 unspecified atom stereocenters. The Bertz CT molecular complexity index is 429. The Hall–Kier alpha value is -1.40. The summed E-state index contributed by atoms with van der Waals surface area (Å²) in [5, 5.41) is 13.2. The fraction of sp³-hybridized carbons (Fsp3) is 0.692. The maximum absolute atomic E-state index is 9.76. The third kappa shape index (κ3) is 3.13. The van der Waals surface area contributed by atoms with Crippen LogP contribution in [0.2, 0.25) is 0 Å². The van der Waals surface area contributed by atoms with Crippen molar-refractivity contribution in [3.63, 3.8) is 0 Å². The maximum Gasteiger partial charge on any atom is 0.239 e. The molecule has 0 aliphatic heterocycles.